The van der Waals surface area contributed by atoms with Crippen LogP contribution in [0.25, 0.3) is 0 Å². The van der Waals surface area contributed by atoms with E-state index in [1.54, 1.807) is 24.3 Å². The smallest absolute Gasteiger partial charge is 0.511 e. The molecule has 84 valence electrons. The van der Waals surface area contributed by atoms with Crippen LogP contribution in [0.2, 0.25) is 0 Å². The van der Waals surface area contributed by atoms with Gasteiger partial charge in [-0.1, -0.05) is 12.1 Å². The first-order valence-electron chi connectivity index (χ1n) is 4.84. The molecule has 0 atom stereocenters. The molecule has 5 nitrogen and oxygen atoms in total. The summed E-state index contributed by atoms with van der Waals surface area (Å²) in [6.45, 7) is 0.174. The Hall–Kier alpha value is -1.55. The first kappa shape index (κ1) is 12.5. The molecule has 0 aliphatic rings. The van der Waals surface area contributed by atoms with Gasteiger partial charge in [0, 0.05) is 13.2 Å². The molecule has 0 saturated heterocycles. The van der Waals surface area contributed by atoms with E-state index in [1.807, 2.05) is 6.07 Å². The van der Waals surface area contributed by atoms with E-state index in [2.05, 4.69) is 0 Å². The van der Waals surface area contributed by atoms with Crippen molar-refractivity contribution in [2.75, 3.05) is 13.2 Å². The van der Waals surface area contributed by atoms with E-state index in [1.165, 1.54) is 0 Å². The lowest BCUT2D eigenvalue weighted by molar-refractivity contribution is 0.170. The number of benzene rings is 1. The maximum absolute atomic E-state index is 9.31. The fraction of sp³-hybridized carbons (Fsp3) is 0.300. The molecule has 0 saturated carbocycles. The van der Waals surface area contributed by atoms with Gasteiger partial charge in [-0.05, 0) is 18.6 Å². The van der Waals surface area contributed by atoms with Crippen molar-refractivity contribution in [2.24, 2.45) is 0 Å². The fourth-order valence-electron chi connectivity index (χ4n) is 1.05. The topological polar surface area (TPSA) is 82.7 Å². The highest BCUT2D eigenvalue weighted by Crippen LogP contribution is 2.16. The zero-order valence-corrected chi connectivity index (χ0v) is 8.67. The molecule has 0 spiro atoms. The average molecular weight is 221 g/mol. The Balaban J connectivity index is 2.49. The summed E-state index contributed by atoms with van der Waals surface area (Å²) < 4.78 is 9.86. The Labute approximate surface area is 94.0 Å². The molecule has 16 heavy (non-hydrogen) atoms. The first-order chi connectivity index (χ1) is 7.77. The minimum Gasteiger partial charge on any atom is -0.511 e. The Morgan fingerprint density at radius 2 is 2.12 bits per heavy atom. The van der Waals surface area contributed by atoms with Gasteiger partial charge in [-0.3, -0.25) is 0 Å². The Morgan fingerprint density at radius 3 is 2.81 bits per heavy atom. The van der Waals surface area contributed by atoms with Gasteiger partial charge in [0.15, 0.2) is 0 Å². The van der Waals surface area contributed by atoms with Crippen LogP contribution in [0.3, 0.4) is 0 Å². The zero-order chi connectivity index (χ0) is 11.8. The van der Waals surface area contributed by atoms with Crippen LogP contribution >= 0.6 is 0 Å². The van der Waals surface area contributed by atoms with Crippen LogP contribution in [0.5, 0.6) is 5.75 Å². The summed E-state index contributed by atoms with van der Waals surface area (Å²) in [6, 6.07) is 8.47. The van der Waals surface area contributed by atoms with Crippen LogP contribution in [0.4, 0.5) is 0 Å². The van der Waals surface area contributed by atoms with Crippen molar-refractivity contribution < 1.29 is 19.4 Å². The van der Waals surface area contributed by atoms with Crippen LogP contribution in [-0.4, -0.2) is 30.7 Å². The summed E-state index contributed by atoms with van der Waals surface area (Å²) in [4.78, 5) is 0. The third-order valence-electron chi connectivity index (χ3n) is 1.80. The van der Waals surface area contributed by atoms with E-state index >= 15 is 0 Å². The third-order valence-corrected chi connectivity index (χ3v) is 1.80. The van der Waals surface area contributed by atoms with E-state index in [4.69, 9.17) is 19.7 Å². The van der Waals surface area contributed by atoms with Crippen LogP contribution < -0.4 is 4.65 Å². The number of hydrogen-bond acceptors (Lipinski definition) is 5. The highest BCUT2D eigenvalue weighted by Gasteiger charge is 2.19. The summed E-state index contributed by atoms with van der Waals surface area (Å²) >= 11 is 0. The van der Waals surface area contributed by atoms with E-state index < -0.39 is 7.32 Å². The molecule has 0 bridgehead atoms. The Bertz CT molecular complexity index is 366. The van der Waals surface area contributed by atoms with Crippen molar-refractivity contribution >= 4 is 7.32 Å². The monoisotopic (exact) mass is 221 g/mol. The van der Waals surface area contributed by atoms with Gasteiger partial charge in [-0.25, -0.2) is 0 Å². The van der Waals surface area contributed by atoms with Crippen molar-refractivity contribution in [3.63, 3.8) is 0 Å². The molecule has 0 aromatic heterocycles. The van der Waals surface area contributed by atoms with Gasteiger partial charge in [-0.2, -0.15) is 5.26 Å². The molecule has 0 heterocycles. The minimum atomic E-state index is -1.43. The highest BCUT2D eigenvalue weighted by molar-refractivity contribution is 6.35. The van der Waals surface area contributed by atoms with Gasteiger partial charge < -0.3 is 19.4 Å². The van der Waals surface area contributed by atoms with E-state index in [9.17, 15) is 5.02 Å². The van der Waals surface area contributed by atoms with Crippen molar-refractivity contribution in [3.8, 4) is 11.8 Å². The summed E-state index contributed by atoms with van der Waals surface area (Å²) in [6.07, 6.45) is 0.417. The van der Waals surface area contributed by atoms with E-state index in [0.717, 1.165) is 0 Å². The third kappa shape index (κ3) is 3.91. The predicted octanol–water partition coefficient (Wildman–Crippen LogP) is 0.313. The lowest BCUT2D eigenvalue weighted by Gasteiger charge is -2.10. The van der Waals surface area contributed by atoms with E-state index in [0.29, 0.717) is 12.0 Å². The van der Waals surface area contributed by atoms with Gasteiger partial charge in [-0.15, -0.1) is 0 Å². The van der Waals surface area contributed by atoms with Crippen molar-refractivity contribution in [2.45, 2.75) is 6.42 Å². The second-order valence-electron chi connectivity index (χ2n) is 2.98. The molecule has 6 heteroatoms. The van der Waals surface area contributed by atoms with Crippen molar-refractivity contribution in [1.82, 2.24) is 0 Å². The number of nitrogens with zero attached hydrogens (tertiary/aromatic N) is 1. The van der Waals surface area contributed by atoms with Crippen LogP contribution in [0.15, 0.2) is 24.3 Å². The summed E-state index contributed by atoms with van der Waals surface area (Å²) in [7, 11) is -1.43. The molecule has 1 aromatic carbocycles. The zero-order valence-electron chi connectivity index (χ0n) is 8.67. The highest BCUT2D eigenvalue weighted by atomic mass is 16.7. The standard InChI is InChI=1S/C10H12BNO4/c12-8-9-4-1-2-5-10(9)16-11(14)15-7-3-6-13/h1-2,4-5,13-14H,3,6-7H2. The second kappa shape index (κ2) is 6.85. The minimum absolute atomic E-state index is 0.0124. The number of hydrogen-bond donors (Lipinski definition) is 2. The lowest BCUT2D eigenvalue weighted by atomic mass is 10.2. The van der Waals surface area contributed by atoms with Crippen molar-refractivity contribution in [3.05, 3.63) is 29.8 Å². The first-order valence-corrected chi connectivity index (χ1v) is 4.84. The predicted molar refractivity (Wildman–Crippen MR) is 57.4 cm³/mol. The average Bonchev–Trinajstić information content (AvgIpc) is 2.30. The summed E-state index contributed by atoms with van der Waals surface area (Å²) in [5.41, 5.74) is 0.326. The Morgan fingerprint density at radius 1 is 1.38 bits per heavy atom. The molecule has 0 aliphatic carbocycles. The van der Waals surface area contributed by atoms with Crippen LogP contribution in [0.1, 0.15) is 12.0 Å². The molecule has 1 rings (SSSR count). The molecule has 0 amide bonds. The van der Waals surface area contributed by atoms with Crippen molar-refractivity contribution in [1.29, 1.82) is 5.26 Å². The maximum Gasteiger partial charge on any atom is 0.710 e. The van der Waals surface area contributed by atoms with Gasteiger partial charge in [0.2, 0.25) is 0 Å². The summed E-state index contributed by atoms with van der Waals surface area (Å²) in [5.74, 6) is 0.265. The molecule has 0 fully saturated rings. The van der Waals surface area contributed by atoms with E-state index in [-0.39, 0.29) is 19.0 Å². The molecule has 0 aliphatic heterocycles. The summed E-state index contributed by atoms with van der Waals surface area (Å²) in [5, 5.41) is 26.6. The molecule has 2 N–H and O–H groups in total. The fourth-order valence-corrected chi connectivity index (χ4v) is 1.05. The van der Waals surface area contributed by atoms with Gasteiger partial charge >= 0.3 is 7.32 Å². The molecular formula is C10H12BNO4. The normalized spacial score (nSPS) is 9.56. The number of para-hydroxylation sites is 1. The van der Waals surface area contributed by atoms with Gasteiger partial charge in [0.25, 0.3) is 0 Å². The van der Waals surface area contributed by atoms with Gasteiger partial charge in [0.1, 0.15) is 11.8 Å². The molecule has 1 aromatic rings. The lowest BCUT2D eigenvalue weighted by Crippen LogP contribution is -2.27. The quantitative estimate of drug-likeness (QED) is 0.533. The number of aliphatic hydroxyl groups is 1. The molecule has 0 radical (unpaired) electrons. The van der Waals surface area contributed by atoms with Crippen LogP contribution in [0, 0.1) is 11.3 Å². The number of aliphatic hydroxyl groups excluding tert-OH is 1. The maximum atomic E-state index is 9.31. The Kier molecular flexibility index (Phi) is 5.36. The van der Waals surface area contributed by atoms with Crippen LogP contribution in [-0.2, 0) is 4.65 Å². The number of rotatable bonds is 6. The molecular weight excluding hydrogens is 209 g/mol. The number of nitriles is 1. The largest absolute Gasteiger partial charge is 0.710 e. The SMILES string of the molecule is N#Cc1ccccc1OB(O)OCCCO. The molecule has 0 unspecified atom stereocenters. The van der Waals surface area contributed by atoms with Gasteiger partial charge in [0.05, 0.1) is 5.56 Å². The second-order valence-corrected chi connectivity index (χ2v) is 2.98.